The first kappa shape index (κ1) is 20.4. The number of nitrogens with one attached hydrogen (secondary N) is 1. The van der Waals surface area contributed by atoms with Gasteiger partial charge in [-0.05, 0) is 49.2 Å². The molecule has 3 aromatic heterocycles. The highest BCUT2D eigenvalue weighted by Gasteiger charge is 2.18. The van der Waals surface area contributed by atoms with Crippen LogP contribution in [0.25, 0.3) is 28.5 Å². The number of carbonyl (C=O) groups is 1. The smallest absolute Gasteiger partial charge is 0.333 e. The zero-order valence-electron chi connectivity index (χ0n) is 18.0. The number of aromatic nitrogens is 5. The number of pyridine rings is 1. The summed E-state index contributed by atoms with van der Waals surface area (Å²) >= 11 is 0. The van der Waals surface area contributed by atoms with E-state index >= 15 is 0 Å². The second-order valence-electron chi connectivity index (χ2n) is 7.69. The summed E-state index contributed by atoms with van der Waals surface area (Å²) in [6, 6.07) is 18.5. The number of fused-ring (bicyclic) bond motifs is 1. The van der Waals surface area contributed by atoms with Gasteiger partial charge in [0.1, 0.15) is 6.54 Å². The molecule has 1 N–H and O–H groups in total. The first-order chi connectivity index (χ1) is 16.0. The van der Waals surface area contributed by atoms with Gasteiger partial charge in [-0.15, -0.1) is 5.10 Å². The van der Waals surface area contributed by atoms with E-state index in [4.69, 9.17) is 4.52 Å². The molecule has 0 saturated carbocycles. The van der Waals surface area contributed by atoms with Crippen LogP contribution in [0, 0.1) is 13.8 Å². The third-order valence-electron chi connectivity index (χ3n) is 5.38. The monoisotopic (exact) mass is 440 g/mol. The van der Waals surface area contributed by atoms with E-state index in [1.807, 2.05) is 62.4 Å². The minimum atomic E-state index is -0.440. The van der Waals surface area contributed by atoms with Crippen molar-refractivity contribution in [2.75, 3.05) is 5.32 Å². The maximum atomic E-state index is 12.8. The van der Waals surface area contributed by atoms with Crippen LogP contribution in [0.3, 0.4) is 0 Å². The van der Waals surface area contributed by atoms with Gasteiger partial charge in [-0.2, -0.15) is 4.98 Å². The van der Waals surface area contributed by atoms with Crippen molar-refractivity contribution in [3.63, 3.8) is 0 Å². The Morgan fingerprint density at radius 2 is 1.85 bits per heavy atom. The molecule has 0 aliphatic rings. The summed E-state index contributed by atoms with van der Waals surface area (Å²) in [5.74, 6) is 0.313. The number of nitrogens with zero attached hydrogens (tertiary/aromatic N) is 5. The van der Waals surface area contributed by atoms with E-state index < -0.39 is 5.69 Å². The number of amides is 1. The van der Waals surface area contributed by atoms with E-state index in [1.54, 1.807) is 18.3 Å². The van der Waals surface area contributed by atoms with Gasteiger partial charge in [-0.25, -0.2) is 13.9 Å². The molecule has 5 aromatic rings. The lowest BCUT2D eigenvalue weighted by Gasteiger charge is -2.07. The maximum Gasteiger partial charge on any atom is 0.350 e. The molecule has 33 heavy (non-hydrogen) atoms. The normalized spacial score (nSPS) is 11.1. The number of hydrogen-bond donors (Lipinski definition) is 1. The van der Waals surface area contributed by atoms with Crippen molar-refractivity contribution in [3.05, 3.63) is 88.5 Å². The molecule has 164 valence electrons. The van der Waals surface area contributed by atoms with Crippen LogP contribution < -0.4 is 11.0 Å². The van der Waals surface area contributed by atoms with E-state index in [0.717, 1.165) is 21.4 Å². The lowest BCUT2D eigenvalue weighted by Crippen LogP contribution is -2.28. The van der Waals surface area contributed by atoms with E-state index in [-0.39, 0.29) is 18.3 Å². The van der Waals surface area contributed by atoms with Crippen molar-refractivity contribution in [2.24, 2.45) is 0 Å². The Morgan fingerprint density at radius 3 is 2.64 bits per heavy atom. The van der Waals surface area contributed by atoms with Gasteiger partial charge < -0.3 is 9.84 Å². The summed E-state index contributed by atoms with van der Waals surface area (Å²) in [6.07, 6.45) is 1.58. The molecule has 0 radical (unpaired) electrons. The fourth-order valence-corrected chi connectivity index (χ4v) is 3.50. The van der Waals surface area contributed by atoms with Gasteiger partial charge in [0.05, 0.1) is 5.56 Å². The molecule has 1 amide bonds. The molecule has 9 heteroatoms. The highest BCUT2D eigenvalue weighted by molar-refractivity contribution is 5.90. The second-order valence-corrected chi connectivity index (χ2v) is 7.69. The predicted octanol–water partition coefficient (Wildman–Crippen LogP) is 3.47. The largest absolute Gasteiger partial charge is 0.350 e. The van der Waals surface area contributed by atoms with Crippen molar-refractivity contribution < 1.29 is 9.32 Å². The van der Waals surface area contributed by atoms with E-state index in [0.29, 0.717) is 22.7 Å². The summed E-state index contributed by atoms with van der Waals surface area (Å²) in [5.41, 5.74) is 4.06. The van der Waals surface area contributed by atoms with Crippen LogP contribution >= 0.6 is 0 Å². The zero-order chi connectivity index (χ0) is 22.9. The van der Waals surface area contributed by atoms with E-state index in [9.17, 15) is 9.59 Å². The van der Waals surface area contributed by atoms with Crippen molar-refractivity contribution in [1.29, 1.82) is 0 Å². The molecule has 0 spiro atoms. The van der Waals surface area contributed by atoms with Crippen LogP contribution in [0.4, 0.5) is 5.69 Å². The predicted molar refractivity (Wildman–Crippen MR) is 123 cm³/mol. The molecule has 9 nitrogen and oxygen atoms in total. The van der Waals surface area contributed by atoms with Crippen molar-refractivity contribution in [1.82, 2.24) is 24.3 Å². The summed E-state index contributed by atoms with van der Waals surface area (Å²) in [4.78, 5) is 29.9. The van der Waals surface area contributed by atoms with Crippen LogP contribution in [0.15, 0.2) is 76.2 Å². The Labute approximate surface area is 188 Å². The second kappa shape index (κ2) is 8.19. The Hall–Kier alpha value is -4.53. The fraction of sp³-hybridized carbons (Fsp3) is 0.125. The number of benzene rings is 2. The number of hydrogen-bond acceptors (Lipinski definition) is 6. The van der Waals surface area contributed by atoms with E-state index in [2.05, 4.69) is 20.6 Å². The third kappa shape index (κ3) is 3.91. The number of carbonyl (C=O) groups excluding carboxylic acids is 1. The van der Waals surface area contributed by atoms with Crippen molar-refractivity contribution in [3.8, 4) is 22.8 Å². The molecule has 0 aliphatic heterocycles. The summed E-state index contributed by atoms with van der Waals surface area (Å²) in [6.45, 7) is 3.74. The van der Waals surface area contributed by atoms with Gasteiger partial charge in [-0.3, -0.25) is 4.79 Å². The average molecular weight is 440 g/mol. The topological polar surface area (TPSA) is 107 Å². The van der Waals surface area contributed by atoms with Gasteiger partial charge in [0.25, 0.3) is 5.89 Å². The van der Waals surface area contributed by atoms with Crippen LogP contribution in [-0.2, 0) is 11.3 Å². The fourth-order valence-electron chi connectivity index (χ4n) is 3.50. The zero-order valence-corrected chi connectivity index (χ0v) is 18.0. The lowest BCUT2D eigenvalue weighted by atomic mass is 10.1. The van der Waals surface area contributed by atoms with Crippen molar-refractivity contribution >= 4 is 17.2 Å². The molecule has 0 bridgehead atoms. The number of anilines is 1. The average Bonchev–Trinajstić information content (AvgIpc) is 3.42. The highest BCUT2D eigenvalue weighted by atomic mass is 16.5. The van der Waals surface area contributed by atoms with Gasteiger partial charge in [-0.1, -0.05) is 41.6 Å². The molecule has 0 aliphatic carbocycles. The summed E-state index contributed by atoms with van der Waals surface area (Å²) in [5, 5.41) is 11.2. The van der Waals surface area contributed by atoms with E-state index in [1.165, 1.54) is 4.40 Å². The van der Waals surface area contributed by atoms with Crippen LogP contribution in [0.1, 0.15) is 11.1 Å². The quantitative estimate of drug-likeness (QED) is 0.448. The van der Waals surface area contributed by atoms with Gasteiger partial charge >= 0.3 is 5.69 Å². The molecule has 5 rings (SSSR count). The number of aryl methyl sites for hydroxylation is 2. The molecular weight excluding hydrogens is 420 g/mol. The minimum Gasteiger partial charge on any atom is -0.333 e. The molecular formula is C24H20N6O3. The summed E-state index contributed by atoms with van der Waals surface area (Å²) < 4.78 is 7.91. The first-order valence-corrected chi connectivity index (χ1v) is 10.3. The molecule has 0 saturated heterocycles. The molecule has 2 aromatic carbocycles. The van der Waals surface area contributed by atoms with Crippen LogP contribution in [0.5, 0.6) is 0 Å². The molecule has 0 fully saturated rings. The van der Waals surface area contributed by atoms with Crippen LogP contribution in [-0.4, -0.2) is 30.2 Å². The van der Waals surface area contributed by atoms with Gasteiger partial charge in [0.15, 0.2) is 5.65 Å². The van der Waals surface area contributed by atoms with Crippen LogP contribution in [0.2, 0.25) is 0 Å². The third-order valence-corrected chi connectivity index (χ3v) is 5.38. The molecule has 0 atom stereocenters. The van der Waals surface area contributed by atoms with Gasteiger partial charge in [0.2, 0.25) is 11.7 Å². The Kier molecular flexibility index (Phi) is 5.06. The minimum absolute atomic E-state index is 0.230. The van der Waals surface area contributed by atoms with Gasteiger partial charge in [0, 0.05) is 17.4 Å². The molecule has 3 heterocycles. The number of rotatable bonds is 5. The molecule has 0 unspecified atom stereocenters. The van der Waals surface area contributed by atoms with Crippen molar-refractivity contribution in [2.45, 2.75) is 20.4 Å². The highest BCUT2D eigenvalue weighted by Crippen LogP contribution is 2.24. The summed E-state index contributed by atoms with van der Waals surface area (Å²) in [7, 11) is 0. The Bertz CT molecular complexity index is 1530. The SMILES string of the molecule is Cc1ccc(NC(=O)Cn2nc3c(-c4nc(-c5ccccc5)no4)cccn3c2=O)cc1C. The Morgan fingerprint density at radius 1 is 1.03 bits per heavy atom. The maximum absolute atomic E-state index is 12.8. The lowest BCUT2D eigenvalue weighted by molar-refractivity contribution is -0.117. The first-order valence-electron chi connectivity index (χ1n) is 10.3. The standard InChI is InChI=1S/C24H20N6O3/c1-15-10-11-18(13-16(15)2)25-20(31)14-30-24(32)29-12-6-9-19(22(29)27-30)23-26-21(28-33-23)17-7-4-3-5-8-17/h3-13H,14H2,1-2H3,(H,25,31). The Balaban J connectivity index is 1.44.